The van der Waals surface area contributed by atoms with E-state index < -0.39 is 0 Å². The molecule has 4 fully saturated rings. The highest BCUT2D eigenvalue weighted by Gasteiger charge is 2.44. The molecule has 0 aliphatic carbocycles. The molecule has 2 bridgehead atoms. The molecule has 0 spiro atoms. The lowest BCUT2D eigenvalue weighted by atomic mass is 9.88. The SMILES string of the molecule is CN1C2CCC1/C(=C\c1ccc(N3CCOCC3)cc1)C(=O)/C2=C/c1ccc(N2CCOCC2)cc1. The minimum atomic E-state index is 0.197. The van der Waals surface area contributed by atoms with Gasteiger partial charge in [0.05, 0.1) is 26.4 Å². The fourth-order valence-corrected chi connectivity index (χ4v) is 6.05. The molecule has 4 aliphatic heterocycles. The number of morpholine rings is 2. The summed E-state index contributed by atoms with van der Waals surface area (Å²) in [5.74, 6) is 0.204. The van der Waals surface area contributed by atoms with Gasteiger partial charge < -0.3 is 19.3 Å². The second-order valence-electron chi connectivity index (χ2n) is 10.2. The largest absolute Gasteiger partial charge is 0.378 e. The van der Waals surface area contributed by atoms with Gasteiger partial charge in [0.25, 0.3) is 0 Å². The van der Waals surface area contributed by atoms with Crippen LogP contribution < -0.4 is 9.80 Å². The monoisotopic (exact) mass is 485 g/mol. The van der Waals surface area contributed by atoms with Gasteiger partial charge in [0.15, 0.2) is 5.78 Å². The minimum Gasteiger partial charge on any atom is -0.378 e. The predicted octanol–water partition coefficient (Wildman–Crippen LogP) is 3.87. The van der Waals surface area contributed by atoms with E-state index in [1.54, 1.807) is 0 Å². The highest BCUT2D eigenvalue weighted by Crippen LogP contribution is 2.40. The van der Waals surface area contributed by atoms with Crippen molar-refractivity contribution in [3.05, 3.63) is 70.8 Å². The summed E-state index contributed by atoms with van der Waals surface area (Å²) in [4.78, 5) is 20.9. The van der Waals surface area contributed by atoms with Gasteiger partial charge >= 0.3 is 0 Å². The molecular formula is C30H35N3O3. The lowest BCUT2D eigenvalue weighted by molar-refractivity contribution is -0.114. The predicted molar refractivity (Wildman–Crippen MR) is 144 cm³/mol. The second-order valence-corrected chi connectivity index (χ2v) is 10.2. The number of nitrogens with zero attached hydrogens (tertiary/aromatic N) is 3. The first-order valence-electron chi connectivity index (χ1n) is 13.2. The summed E-state index contributed by atoms with van der Waals surface area (Å²) in [7, 11) is 2.17. The van der Waals surface area contributed by atoms with Crippen LogP contribution in [0.4, 0.5) is 11.4 Å². The Morgan fingerprint density at radius 2 is 1.06 bits per heavy atom. The Morgan fingerprint density at radius 1 is 0.667 bits per heavy atom. The van der Waals surface area contributed by atoms with E-state index in [1.165, 1.54) is 11.4 Å². The van der Waals surface area contributed by atoms with Crippen molar-refractivity contribution in [2.24, 2.45) is 0 Å². The van der Waals surface area contributed by atoms with E-state index in [2.05, 4.69) is 82.4 Å². The highest BCUT2D eigenvalue weighted by atomic mass is 16.5. The lowest BCUT2D eigenvalue weighted by Crippen LogP contribution is -2.43. The highest BCUT2D eigenvalue weighted by molar-refractivity contribution is 6.16. The molecule has 2 aromatic rings. The summed E-state index contributed by atoms with van der Waals surface area (Å²) in [5.41, 5.74) is 6.44. The van der Waals surface area contributed by atoms with Crippen molar-refractivity contribution in [1.29, 1.82) is 0 Å². The van der Waals surface area contributed by atoms with Gasteiger partial charge in [-0.05, 0) is 67.4 Å². The number of ketones is 1. The zero-order valence-electron chi connectivity index (χ0n) is 21.1. The zero-order valence-corrected chi connectivity index (χ0v) is 21.1. The third-order valence-corrected chi connectivity index (χ3v) is 8.12. The number of Topliss-reactive ketones (excluding diaryl/α,β-unsaturated/α-hetero) is 1. The van der Waals surface area contributed by atoms with Crippen LogP contribution in [0.15, 0.2) is 59.7 Å². The molecule has 0 saturated carbocycles. The van der Waals surface area contributed by atoms with Crippen LogP contribution in [-0.2, 0) is 14.3 Å². The Balaban J connectivity index is 1.24. The van der Waals surface area contributed by atoms with Crippen LogP contribution in [0.2, 0.25) is 0 Å². The normalized spacial score (nSPS) is 27.3. The number of benzene rings is 2. The maximum absolute atomic E-state index is 13.8. The maximum Gasteiger partial charge on any atom is 0.188 e. The van der Waals surface area contributed by atoms with Gasteiger partial charge in [-0.3, -0.25) is 9.69 Å². The second kappa shape index (κ2) is 10.2. The van der Waals surface area contributed by atoms with Gasteiger partial charge in [0, 0.05) is 60.8 Å². The van der Waals surface area contributed by atoms with Crippen molar-refractivity contribution >= 4 is 29.3 Å². The molecule has 4 aliphatic rings. The summed E-state index contributed by atoms with van der Waals surface area (Å²) < 4.78 is 11.0. The Morgan fingerprint density at radius 3 is 1.44 bits per heavy atom. The average molecular weight is 486 g/mol. The van der Waals surface area contributed by atoms with Crippen LogP contribution in [0, 0.1) is 0 Å². The third-order valence-electron chi connectivity index (χ3n) is 8.12. The van der Waals surface area contributed by atoms with E-state index in [1.807, 2.05) is 0 Å². The van der Waals surface area contributed by atoms with E-state index in [-0.39, 0.29) is 17.9 Å². The summed E-state index contributed by atoms with van der Waals surface area (Å²) in [5, 5.41) is 0. The van der Waals surface area contributed by atoms with Crippen LogP contribution in [0.25, 0.3) is 12.2 Å². The summed E-state index contributed by atoms with van der Waals surface area (Å²) >= 11 is 0. The molecule has 4 saturated heterocycles. The van der Waals surface area contributed by atoms with Crippen molar-refractivity contribution in [3.63, 3.8) is 0 Å². The quantitative estimate of drug-likeness (QED) is 0.613. The molecule has 2 aromatic carbocycles. The molecule has 0 aromatic heterocycles. The first-order valence-corrected chi connectivity index (χ1v) is 13.2. The number of rotatable bonds is 4. The molecular weight excluding hydrogens is 450 g/mol. The number of hydrogen-bond donors (Lipinski definition) is 0. The summed E-state index contributed by atoms with van der Waals surface area (Å²) in [6, 6.07) is 17.6. The van der Waals surface area contributed by atoms with Crippen molar-refractivity contribution in [2.45, 2.75) is 24.9 Å². The van der Waals surface area contributed by atoms with Crippen LogP contribution in [-0.4, -0.2) is 82.4 Å². The Hall–Kier alpha value is -2.93. The van der Waals surface area contributed by atoms with Gasteiger partial charge in [0.2, 0.25) is 0 Å². The number of carbonyl (C=O) groups excluding carboxylic acids is 1. The molecule has 36 heavy (non-hydrogen) atoms. The molecule has 2 atom stereocenters. The molecule has 188 valence electrons. The molecule has 2 unspecified atom stereocenters. The van der Waals surface area contributed by atoms with Crippen LogP contribution in [0.5, 0.6) is 0 Å². The van der Waals surface area contributed by atoms with E-state index in [9.17, 15) is 4.79 Å². The van der Waals surface area contributed by atoms with Gasteiger partial charge in [-0.1, -0.05) is 24.3 Å². The van der Waals surface area contributed by atoms with Crippen molar-refractivity contribution in [3.8, 4) is 0 Å². The van der Waals surface area contributed by atoms with Crippen molar-refractivity contribution in [2.75, 3.05) is 69.5 Å². The van der Waals surface area contributed by atoms with Gasteiger partial charge in [-0.25, -0.2) is 0 Å². The number of ether oxygens (including phenoxy) is 2. The third kappa shape index (κ3) is 4.61. The van der Waals surface area contributed by atoms with Crippen LogP contribution >= 0.6 is 0 Å². The molecule has 0 radical (unpaired) electrons. The maximum atomic E-state index is 13.8. The fourth-order valence-electron chi connectivity index (χ4n) is 6.05. The first kappa shape index (κ1) is 23.5. The fraction of sp³-hybridized carbons (Fsp3) is 0.433. The summed E-state index contributed by atoms with van der Waals surface area (Å²) in [6.07, 6.45) is 6.28. The minimum absolute atomic E-state index is 0.197. The van der Waals surface area contributed by atoms with Crippen LogP contribution in [0.3, 0.4) is 0 Å². The van der Waals surface area contributed by atoms with Gasteiger partial charge in [0.1, 0.15) is 0 Å². The number of piperidine rings is 1. The first-order chi connectivity index (χ1) is 17.7. The number of likely N-dealkylation sites (N-methyl/N-ethyl adjacent to an activating group) is 1. The molecule has 6 nitrogen and oxygen atoms in total. The molecule has 6 rings (SSSR count). The molecule has 0 N–H and O–H groups in total. The average Bonchev–Trinajstić information content (AvgIpc) is 3.25. The number of fused-ring (bicyclic) bond motifs is 2. The number of carbonyl (C=O) groups is 1. The van der Waals surface area contributed by atoms with E-state index >= 15 is 0 Å². The zero-order chi connectivity index (χ0) is 24.5. The lowest BCUT2D eigenvalue weighted by Gasteiger charge is -2.34. The number of anilines is 2. The molecule has 4 heterocycles. The van der Waals surface area contributed by atoms with E-state index in [4.69, 9.17) is 9.47 Å². The smallest absolute Gasteiger partial charge is 0.188 e. The number of hydrogen-bond acceptors (Lipinski definition) is 6. The van der Waals surface area contributed by atoms with Gasteiger partial charge in [-0.15, -0.1) is 0 Å². The Labute approximate surface area is 213 Å². The Bertz CT molecular complexity index is 1050. The standard InChI is InChI=1S/C30H35N3O3/c1-31-28-10-11-29(31)27(21-23-4-8-25(9-5-23)33-14-18-36-19-15-33)30(34)26(28)20-22-2-6-24(7-3-22)32-12-16-35-17-13-32/h2-9,20-21,28-29H,10-19H2,1H3/b26-20+,27-21+. The molecule has 0 amide bonds. The Kier molecular flexibility index (Phi) is 6.65. The van der Waals surface area contributed by atoms with E-state index in [0.29, 0.717) is 0 Å². The topological polar surface area (TPSA) is 45.2 Å². The van der Waals surface area contributed by atoms with Crippen molar-refractivity contribution in [1.82, 2.24) is 4.90 Å². The summed E-state index contributed by atoms with van der Waals surface area (Å²) in [6.45, 7) is 6.81. The van der Waals surface area contributed by atoms with Crippen molar-refractivity contribution < 1.29 is 14.3 Å². The molecule has 6 heteroatoms. The van der Waals surface area contributed by atoms with Gasteiger partial charge in [-0.2, -0.15) is 0 Å². The van der Waals surface area contributed by atoms with Crippen LogP contribution in [0.1, 0.15) is 24.0 Å². The van der Waals surface area contributed by atoms with E-state index in [0.717, 1.165) is 87.7 Å².